The molecule has 0 saturated carbocycles. The molecule has 1 aromatic rings. The number of carbonyl (C=O) groups excluding carboxylic acids is 3. The molecule has 2 amide bonds. The maximum Gasteiger partial charge on any atom is 0.245 e. The van der Waals surface area contributed by atoms with Crippen molar-refractivity contribution in [2.45, 2.75) is 59.0 Å². The Morgan fingerprint density at radius 2 is 1.61 bits per heavy atom. The number of amides is 2. The number of carbonyl (C=O) groups is 3. The lowest BCUT2D eigenvalue weighted by molar-refractivity contribution is -0.149. The third-order valence-corrected chi connectivity index (χ3v) is 6.93. The number of halogens is 1. The van der Waals surface area contributed by atoms with Crippen LogP contribution in [0.15, 0.2) is 53.6 Å². The number of hydrogen-bond donors (Lipinski definition) is 0. The minimum atomic E-state index is -0.682. The molecule has 1 aromatic carbocycles. The monoisotopic (exact) mass is 472 g/mol. The first-order valence-corrected chi connectivity index (χ1v) is 12.0. The maximum absolute atomic E-state index is 13.8. The highest BCUT2D eigenvalue weighted by molar-refractivity contribution is 6.31. The summed E-state index contributed by atoms with van der Waals surface area (Å²) in [4.78, 5) is 42.6. The van der Waals surface area contributed by atoms with Crippen LogP contribution in [-0.2, 0) is 20.8 Å². The molecule has 0 N–H and O–H groups in total. The van der Waals surface area contributed by atoms with Gasteiger partial charge in [0.15, 0.2) is 5.78 Å². The SMILES string of the molecule is CC(=O)[C@H](Cc1ccccc1)N(C)C(=O)C(CC1C=C(Cl)C=CC1)N(C)C(=O)C(C)C(C)C. The second kappa shape index (κ2) is 12.2. The molecule has 180 valence electrons. The first-order valence-electron chi connectivity index (χ1n) is 11.6. The second-order valence-corrected chi connectivity index (χ2v) is 9.88. The van der Waals surface area contributed by atoms with Crippen LogP contribution < -0.4 is 0 Å². The van der Waals surface area contributed by atoms with E-state index in [1.54, 1.807) is 19.0 Å². The Morgan fingerprint density at radius 3 is 2.15 bits per heavy atom. The lowest BCUT2D eigenvalue weighted by Gasteiger charge is -2.37. The van der Waals surface area contributed by atoms with Crippen LogP contribution in [0.3, 0.4) is 0 Å². The Labute approximate surface area is 203 Å². The number of Topliss-reactive ketones (excluding diaryl/α,β-unsaturated/α-hetero) is 1. The number of rotatable bonds is 10. The normalized spacial score (nSPS) is 18.3. The fourth-order valence-electron chi connectivity index (χ4n) is 4.12. The number of ketones is 1. The lowest BCUT2D eigenvalue weighted by atomic mass is 9.90. The molecule has 2 rings (SSSR count). The molecule has 0 saturated heterocycles. The molecule has 4 atom stereocenters. The molecule has 0 spiro atoms. The van der Waals surface area contributed by atoms with E-state index >= 15 is 0 Å². The Bertz CT molecular complexity index is 894. The molecule has 0 fully saturated rings. The molecule has 3 unspecified atom stereocenters. The van der Waals surface area contributed by atoms with Crippen molar-refractivity contribution in [1.82, 2.24) is 9.80 Å². The van der Waals surface area contributed by atoms with Gasteiger partial charge in [-0.15, -0.1) is 0 Å². The molecular weight excluding hydrogens is 436 g/mol. The third-order valence-electron chi connectivity index (χ3n) is 6.68. The molecule has 33 heavy (non-hydrogen) atoms. The molecule has 6 heteroatoms. The van der Waals surface area contributed by atoms with Gasteiger partial charge in [0.25, 0.3) is 0 Å². The minimum Gasteiger partial charge on any atom is -0.334 e. The van der Waals surface area contributed by atoms with Crippen molar-refractivity contribution in [3.05, 3.63) is 59.2 Å². The summed E-state index contributed by atoms with van der Waals surface area (Å²) in [6.45, 7) is 7.40. The van der Waals surface area contributed by atoms with Gasteiger partial charge in [-0.05, 0) is 49.7 Å². The summed E-state index contributed by atoms with van der Waals surface area (Å²) in [5.74, 6) is -0.393. The number of allylic oxidation sites excluding steroid dienone is 4. The molecule has 1 aliphatic carbocycles. The van der Waals surface area contributed by atoms with Crippen molar-refractivity contribution in [1.29, 1.82) is 0 Å². The Balaban J connectivity index is 2.32. The van der Waals surface area contributed by atoms with Gasteiger partial charge in [-0.25, -0.2) is 0 Å². The van der Waals surface area contributed by atoms with Crippen LogP contribution in [0.5, 0.6) is 0 Å². The van der Waals surface area contributed by atoms with Crippen LogP contribution in [0.25, 0.3) is 0 Å². The summed E-state index contributed by atoms with van der Waals surface area (Å²) >= 11 is 6.21. The summed E-state index contributed by atoms with van der Waals surface area (Å²) in [5, 5.41) is 0.640. The average Bonchev–Trinajstić information content (AvgIpc) is 2.79. The van der Waals surface area contributed by atoms with Crippen molar-refractivity contribution in [2.75, 3.05) is 14.1 Å². The number of nitrogens with zero attached hydrogens (tertiary/aromatic N) is 2. The third kappa shape index (κ3) is 7.29. The van der Waals surface area contributed by atoms with Gasteiger partial charge in [-0.3, -0.25) is 14.4 Å². The fraction of sp³-hybridized carbons (Fsp3) is 0.519. The summed E-state index contributed by atoms with van der Waals surface area (Å²) in [7, 11) is 3.36. The van der Waals surface area contributed by atoms with Gasteiger partial charge in [0.1, 0.15) is 6.04 Å². The summed E-state index contributed by atoms with van der Waals surface area (Å²) < 4.78 is 0. The highest BCUT2D eigenvalue weighted by Gasteiger charge is 2.36. The van der Waals surface area contributed by atoms with E-state index in [2.05, 4.69) is 0 Å². The van der Waals surface area contributed by atoms with Gasteiger partial charge >= 0.3 is 0 Å². The zero-order valence-corrected chi connectivity index (χ0v) is 21.4. The van der Waals surface area contributed by atoms with E-state index in [9.17, 15) is 14.4 Å². The topological polar surface area (TPSA) is 57.7 Å². The van der Waals surface area contributed by atoms with E-state index < -0.39 is 12.1 Å². The van der Waals surface area contributed by atoms with Gasteiger partial charge in [0, 0.05) is 25.0 Å². The molecular formula is C27H37ClN2O3. The standard InChI is InChI=1S/C27H37ClN2O3/c1-18(2)19(3)26(32)30(6)25(17-22-13-10-14-23(28)15-22)27(33)29(5)24(20(4)31)16-21-11-8-7-9-12-21/h7-12,14-15,18-19,22,24-25H,13,16-17H2,1-6H3/t19?,22?,24-,25?/m0/s1. The zero-order chi connectivity index (χ0) is 24.7. The van der Waals surface area contributed by atoms with E-state index in [4.69, 9.17) is 11.6 Å². The van der Waals surface area contributed by atoms with E-state index in [0.29, 0.717) is 17.9 Å². The van der Waals surface area contributed by atoms with Crippen molar-refractivity contribution in [3.63, 3.8) is 0 Å². The maximum atomic E-state index is 13.8. The zero-order valence-electron chi connectivity index (χ0n) is 20.6. The first kappa shape index (κ1) is 26.8. The lowest BCUT2D eigenvalue weighted by Crippen LogP contribution is -2.54. The smallest absolute Gasteiger partial charge is 0.245 e. The van der Waals surface area contributed by atoms with Gasteiger partial charge in [-0.1, -0.05) is 74.9 Å². The average molecular weight is 473 g/mol. The van der Waals surface area contributed by atoms with Crippen LogP contribution in [0, 0.1) is 17.8 Å². The van der Waals surface area contributed by atoms with Gasteiger partial charge in [0.2, 0.25) is 11.8 Å². The predicted molar refractivity (Wildman–Crippen MR) is 134 cm³/mol. The van der Waals surface area contributed by atoms with E-state index in [0.717, 1.165) is 12.0 Å². The quantitative estimate of drug-likeness (QED) is 0.489. The van der Waals surface area contributed by atoms with E-state index in [-0.39, 0.29) is 35.4 Å². The van der Waals surface area contributed by atoms with Crippen LogP contribution in [-0.4, -0.2) is 53.6 Å². The number of hydrogen-bond acceptors (Lipinski definition) is 3. The molecule has 0 aromatic heterocycles. The van der Waals surface area contributed by atoms with E-state index in [1.807, 2.05) is 69.3 Å². The molecule has 0 heterocycles. The van der Waals surface area contributed by atoms with Gasteiger partial charge in [-0.2, -0.15) is 0 Å². The molecule has 0 bridgehead atoms. The van der Waals surface area contributed by atoms with Gasteiger partial charge in [0.05, 0.1) is 6.04 Å². The summed E-state index contributed by atoms with van der Waals surface area (Å²) in [6, 6.07) is 8.38. The van der Waals surface area contributed by atoms with Crippen molar-refractivity contribution in [2.24, 2.45) is 17.8 Å². The van der Waals surface area contributed by atoms with Crippen LogP contribution in [0.4, 0.5) is 0 Å². The highest BCUT2D eigenvalue weighted by atomic mass is 35.5. The fourth-order valence-corrected chi connectivity index (χ4v) is 4.39. The largest absolute Gasteiger partial charge is 0.334 e. The predicted octanol–water partition coefficient (Wildman–Crippen LogP) is 4.85. The van der Waals surface area contributed by atoms with Crippen molar-refractivity contribution in [3.8, 4) is 0 Å². The van der Waals surface area contributed by atoms with Crippen LogP contribution >= 0.6 is 11.6 Å². The molecule has 1 aliphatic rings. The van der Waals surface area contributed by atoms with E-state index in [1.165, 1.54) is 11.8 Å². The number of likely N-dealkylation sites (N-methyl/N-ethyl adjacent to an activating group) is 2. The van der Waals surface area contributed by atoms with Crippen LogP contribution in [0.2, 0.25) is 0 Å². The minimum absolute atomic E-state index is 0.0411. The Morgan fingerprint density at radius 1 is 1.00 bits per heavy atom. The van der Waals surface area contributed by atoms with Crippen LogP contribution in [0.1, 0.15) is 46.1 Å². The number of benzene rings is 1. The first-order chi connectivity index (χ1) is 15.5. The summed E-state index contributed by atoms with van der Waals surface area (Å²) in [5.41, 5.74) is 0.985. The second-order valence-electron chi connectivity index (χ2n) is 9.45. The summed E-state index contributed by atoms with van der Waals surface area (Å²) in [6.07, 6.45) is 7.42. The highest BCUT2D eigenvalue weighted by Crippen LogP contribution is 2.27. The van der Waals surface area contributed by atoms with Crippen molar-refractivity contribution >= 4 is 29.2 Å². The molecule has 0 aliphatic heterocycles. The molecule has 0 radical (unpaired) electrons. The van der Waals surface area contributed by atoms with Crippen molar-refractivity contribution < 1.29 is 14.4 Å². The van der Waals surface area contributed by atoms with Gasteiger partial charge < -0.3 is 9.80 Å². The molecule has 5 nitrogen and oxygen atoms in total. The Hall–Kier alpha value is -2.40. The Kier molecular flexibility index (Phi) is 9.90.